The summed E-state index contributed by atoms with van der Waals surface area (Å²) >= 11 is 0. The molecule has 3 saturated carbocycles. The molecule has 3 aliphatic carbocycles. The first-order valence-corrected chi connectivity index (χ1v) is 18.9. The van der Waals surface area contributed by atoms with E-state index < -0.39 is 53.9 Å². The lowest BCUT2D eigenvalue weighted by Gasteiger charge is -2.62. The number of halogens is 1. The fraction of sp³-hybridized carbons (Fsp3) is 0.861. The standard InChI is InChI=1S/C36H57FN6O6/c1-36(2,3)49-35(46)40-23-9-12-42(19-23)31-28(37)29(38)27-30-33(31)48-26-18-22-8-5-4-7-21(22)17-25(26)43(30)20-24(32(27)44)34(45)39-10-6-11-41-13-15-47-16-14-41/h20-23,25-31,33H,4-19,38H2,1-3H3,(H,39,45)(H,40,46). The molecule has 4 aliphatic heterocycles. The van der Waals surface area contributed by atoms with E-state index in [4.69, 9.17) is 19.9 Å². The van der Waals surface area contributed by atoms with Crippen LogP contribution in [0.3, 0.4) is 0 Å². The Bertz CT molecular complexity index is 1270. The summed E-state index contributed by atoms with van der Waals surface area (Å²) in [6, 6.07) is -2.43. The van der Waals surface area contributed by atoms with Crippen LogP contribution < -0.4 is 16.4 Å². The minimum atomic E-state index is -1.55. The first kappa shape index (κ1) is 35.1. The van der Waals surface area contributed by atoms with Crippen molar-refractivity contribution < 1.29 is 33.0 Å². The summed E-state index contributed by atoms with van der Waals surface area (Å²) in [6.07, 6.45) is 7.12. The van der Waals surface area contributed by atoms with Gasteiger partial charge in [-0.3, -0.25) is 19.4 Å². The highest BCUT2D eigenvalue weighted by Crippen LogP contribution is 2.50. The van der Waals surface area contributed by atoms with E-state index >= 15 is 4.39 Å². The van der Waals surface area contributed by atoms with Gasteiger partial charge in [-0.1, -0.05) is 25.7 Å². The molecule has 4 heterocycles. The summed E-state index contributed by atoms with van der Waals surface area (Å²) in [7, 11) is 0. The van der Waals surface area contributed by atoms with Crippen LogP contribution in [0.2, 0.25) is 0 Å². The predicted molar refractivity (Wildman–Crippen MR) is 180 cm³/mol. The number of ketones is 1. The number of nitrogens with one attached hydrogen (secondary N) is 2. The molecule has 0 aromatic rings. The number of carbonyl (C=O) groups is 3. The maximum atomic E-state index is 16.8. The molecule has 12 nitrogen and oxygen atoms in total. The zero-order valence-corrected chi connectivity index (χ0v) is 29.5. The molecule has 3 saturated heterocycles. The molecule has 7 rings (SSSR count). The topological polar surface area (TPSA) is 139 Å². The number of ether oxygens (including phenoxy) is 3. The van der Waals surface area contributed by atoms with Crippen molar-refractivity contribution >= 4 is 17.8 Å². The summed E-state index contributed by atoms with van der Waals surface area (Å²) in [5.74, 6) is -0.524. The van der Waals surface area contributed by atoms with Crippen molar-refractivity contribution in [3.63, 3.8) is 0 Å². The highest BCUT2D eigenvalue weighted by Gasteiger charge is 2.63. The number of rotatable bonds is 7. The molecule has 7 aliphatic rings. The minimum absolute atomic E-state index is 0.00416. The smallest absolute Gasteiger partial charge is 0.407 e. The molecule has 0 aromatic carbocycles. The highest BCUT2D eigenvalue weighted by atomic mass is 19.1. The van der Waals surface area contributed by atoms with Gasteiger partial charge in [-0.2, -0.15) is 0 Å². The van der Waals surface area contributed by atoms with Gasteiger partial charge >= 0.3 is 6.09 Å². The first-order valence-electron chi connectivity index (χ1n) is 18.9. The molecule has 6 fully saturated rings. The number of nitrogens with zero attached hydrogens (tertiary/aromatic N) is 3. The molecular weight excluding hydrogens is 631 g/mol. The van der Waals surface area contributed by atoms with E-state index in [-0.39, 0.29) is 29.5 Å². The van der Waals surface area contributed by atoms with Crippen LogP contribution in [0.15, 0.2) is 11.8 Å². The molecule has 13 heteroatoms. The van der Waals surface area contributed by atoms with Crippen LogP contribution in [0.5, 0.6) is 0 Å². The number of morpholine rings is 2. The summed E-state index contributed by atoms with van der Waals surface area (Å²) in [4.78, 5) is 47.1. The molecule has 11 unspecified atom stereocenters. The molecule has 0 radical (unpaired) electrons. The van der Waals surface area contributed by atoms with Gasteiger partial charge in [0.1, 0.15) is 11.8 Å². The Morgan fingerprint density at radius 1 is 1.06 bits per heavy atom. The monoisotopic (exact) mass is 688 g/mol. The third-order valence-corrected chi connectivity index (χ3v) is 12.3. The zero-order valence-electron chi connectivity index (χ0n) is 29.5. The van der Waals surface area contributed by atoms with Crippen molar-refractivity contribution in [2.24, 2.45) is 23.5 Å². The lowest BCUT2D eigenvalue weighted by molar-refractivity contribution is -0.222. The Morgan fingerprint density at radius 2 is 1.80 bits per heavy atom. The molecule has 49 heavy (non-hydrogen) atoms. The molecular formula is C36H57FN6O6. The SMILES string of the molecule is CC(C)(C)OC(=O)NC1CCN(C2C(F)C(N)C3C(=O)C(C(=O)NCCCN4CCOCC4)=CN4C5CC6CCCCC6CC5OC2C34)C1. The largest absolute Gasteiger partial charge is 0.444 e. The number of hydrogen-bond donors (Lipinski definition) is 3. The minimum Gasteiger partial charge on any atom is -0.444 e. The van der Waals surface area contributed by atoms with Crippen LogP contribution in [0, 0.1) is 17.8 Å². The number of fused-ring (bicyclic) bond motifs is 3. The number of likely N-dealkylation sites (tertiary alicyclic amines) is 1. The van der Waals surface area contributed by atoms with Gasteiger partial charge in [0.15, 0.2) is 5.78 Å². The van der Waals surface area contributed by atoms with Gasteiger partial charge in [0.25, 0.3) is 5.91 Å². The number of hydrogen-bond acceptors (Lipinski definition) is 10. The van der Waals surface area contributed by atoms with Crippen LogP contribution in [0.25, 0.3) is 0 Å². The third-order valence-electron chi connectivity index (χ3n) is 12.3. The van der Waals surface area contributed by atoms with Crippen LogP contribution >= 0.6 is 0 Å². The van der Waals surface area contributed by atoms with Gasteiger partial charge in [0.2, 0.25) is 0 Å². The van der Waals surface area contributed by atoms with E-state index in [2.05, 4.69) is 25.3 Å². The normalized spacial score (nSPS) is 39.7. The number of alkyl halides is 1. The number of alkyl carbamates (subject to hydrolysis) is 1. The van der Waals surface area contributed by atoms with E-state index in [0.29, 0.717) is 37.9 Å². The summed E-state index contributed by atoms with van der Waals surface area (Å²) in [5.41, 5.74) is 6.21. The van der Waals surface area contributed by atoms with Crippen molar-refractivity contribution in [3.8, 4) is 0 Å². The predicted octanol–water partition coefficient (Wildman–Crippen LogP) is 1.96. The average molecular weight is 689 g/mol. The van der Waals surface area contributed by atoms with Crippen molar-refractivity contribution in [2.75, 3.05) is 52.5 Å². The summed E-state index contributed by atoms with van der Waals surface area (Å²) in [5, 5.41) is 5.95. The fourth-order valence-corrected chi connectivity index (χ4v) is 10.0. The van der Waals surface area contributed by atoms with Gasteiger partial charge in [-0.15, -0.1) is 0 Å². The first-order chi connectivity index (χ1) is 23.5. The number of carbonyl (C=O) groups excluding carboxylic acids is 3. The fourth-order valence-electron chi connectivity index (χ4n) is 10.0. The Labute approximate surface area is 289 Å². The Morgan fingerprint density at radius 3 is 2.53 bits per heavy atom. The van der Waals surface area contributed by atoms with Crippen molar-refractivity contribution in [2.45, 2.75) is 126 Å². The Kier molecular flexibility index (Phi) is 10.3. The highest BCUT2D eigenvalue weighted by molar-refractivity contribution is 6.20. The average Bonchev–Trinajstić information content (AvgIpc) is 3.52. The number of Topliss-reactive ketones (excluding diaryl/α,β-unsaturated/α-hetero) is 1. The van der Waals surface area contributed by atoms with E-state index in [9.17, 15) is 14.4 Å². The summed E-state index contributed by atoms with van der Waals surface area (Å²) in [6.45, 7) is 11.0. The van der Waals surface area contributed by atoms with Crippen LogP contribution in [0.4, 0.5) is 9.18 Å². The maximum Gasteiger partial charge on any atom is 0.407 e. The van der Waals surface area contributed by atoms with E-state index in [1.165, 1.54) is 25.7 Å². The second-order valence-corrected chi connectivity index (χ2v) is 16.6. The Balaban J connectivity index is 1.12. The molecule has 0 spiro atoms. The van der Waals surface area contributed by atoms with E-state index in [0.717, 1.165) is 52.1 Å². The van der Waals surface area contributed by atoms with Gasteiger partial charge in [0.05, 0.1) is 55.0 Å². The van der Waals surface area contributed by atoms with Gasteiger partial charge in [-0.25, -0.2) is 9.18 Å². The number of nitrogens with two attached hydrogens (primary N) is 1. The second kappa shape index (κ2) is 14.4. The van der Waals surface area contributed by atoms with E-state index in [1.54, 1.807) is 6.20 Å². The van der Waals surface area contributed by atoms with Crippen molar-refractivity contribution in [3.05, 3.63) is 11.8 Å². The maximum absolute atomic E-state index is 16.8. The van der Waals surface area contributed by atoms with Gasteiger partial charge < -0.3 is 35.5 Å². The lowest BCUT2D eigenvalue weighted by Crippen LogP contribution is -2.78. The summed E-state index contributed by atoms with van der Waals surface area (Å²) < 4.78 is 34.7. The second-order valence-electron chi connectivity index (χ2n) is 16.6. The van der Waals surface area contributed by atoms with Crippen LogP contribution in [-0.4, -0.2) is 139 Å². The molecule has 4 N–H and O–H groups in total. The van der Waals surface area contributed by atoms with Crippen molar-refractivity contribution in [1.82, 2.24) is 25.3 Å². The molecule has 274 valence electrons. The van der Waals surface area contributed by atoms with Crippen molar-refractivity contribution in [1.29, 1.82) is 0 Å². The third kappa shape index (κ3) is 7.24. The zero-order chi connectivity index (χ0) is 34.4. The van der Waals surface area contributed by atoms with Gasteiger partial charge in [0, 0.05) is 51.0 Å². The van der Waals surface area contributed by atoms with E-state index in [1.807, 2.05) is 20.8 Å². The molecule has 0 bridgehead atoms. The number of amides is 2. The quantitative estimate of drug-likeness (QED) is 0.269. The molecule has 2 amide bonds. The molecule has 11 atom stereocenters. The van der Waals surface area contributed by atoms with Crippen LogP contribution in [0.1, 0.15) is 72.1 Å². The lowest BCUT2D eigenvalue weighted by atomic mass is 9.64. The van der Waals surface area contributed by atoms with Gasteiger partial charge in [-0.05, 0) is 64.8 Å². The molecule has 0 aromatic heterocycles. The van der Waals surface area contributed by atoms with Crippen LogP contribution in [-0.2, 0) is 23.8 Å². The Hall–Kier alpha value is -2.32.